The van der Waals surface area contributed by atoms with E-state index in [-0.39, 0.29) is 0 Å². The summed E-state index contributed by atoms with van der Waals surface area (Å²) in [5.41, 5.74) is 27.6. The molecule has 0 radical (unpaired) electrons. The van der Waals surface area contributed by atoms with E-state index in [0.717, 1.165) is 42.9 Å². The Morgan fingerprint density at radius 1 is 0.228 bits per heavy atom. The minimum atomic E-state index is -1.46. The molecule has 0 unspecified atom stereocenters. The Hall–Kier alpha value is -14.4. The van der Waals surface area contributed by atoms with Crippen LogP contribution in [0.3, 0.4) is 0 Å². The summed E-state index contributed by atoms with van der Waals surface area (Å²) in [4.78, 5) is 3.53. The number of hydrogen-bond acceptors (Lipinski definition) is 4. The van der Waals surface area contributed by atoms with Crippen LogP contribution in [0.15, 0.2) is 440 Å². The van der Waals surface area contributed by atoms with Gasteiger partial charge in [0.15, 0.2) is 0 Å². The summed E-state index contributed by atoms with van der Waals surface area (Å²) >= 11 is 10.7. The molecule has 27 rings (SSSR count). The van der Waals surface area contributed by atoms with Gasteiger partial charge in [-0.15, -0.1) is 22.7 Å². The quantitative estimate of drug-likeness (QED) is 0.139. The molecule has 0 fully saturated rings. The number of nitrogens with zero attached hydrogens (tertiary/aromatic N) is 4. The van der Waals surface area contributed by atoms with Crippen molar-refractivity contribution >= 4 is 216 Å². The Kier molecular flexibility index (Phi) is 19.9. The molecule has 26 aromatic rings. The van der Waals surface area contributed by atoms with Crippen molar-refractivity contribution in [3.05, 3.63) is 451 Å². The largest absolute Gasteiger partial charge is 0.488 e. The van der Waals surface area contributed by atoms with E-state index in [1.807, 2.05) is 65.1 Å². The average molecular weight is 1790 g/mol. The van der Waals surface area contributed by atoms with E-state index in [1.165, 1.54) is 189 Å². The summed E-state index contributed by atoms with van der Waals surface area (Å²) in [6, 6.07) is 153. The van der Waals surface area contributed by atoms with Gasteiger partial charge >= 0.3 is 7.12 Å². The number of fused-ring (bicyclic) bond motifs is 24. The minimum Gasteiger partial charge on any atom is -0.423 e. The molecule has 0 aliphatic heterocycles. The second-order valence-corrected chi connectivity index (χ2v) is 36.3. The van der Waals surface area contributed by atoms with E-state index in [4.69, 9.17) is 0 Å². The smallest absolute Gasteiger partial charge is 0.423 e. The highest BCUT2D eigenvalue weighted by Crippen LogP contribution is 2.45. The summed E-state index contributed by atoms with van der Waals surface area (Å²) in [7, 11) is -1.46. The van der Waals surface area contributed by atoms with Crippen molar-refractivity contribution in [1.29, 1.82) is 0 Å². The van der Waals surface area contributed by atoms with Gasteiger partial charge in [0.05, 0.1) is 44.1 Å². The van der Waals surface area contributed by atoms with Gasteiger partial charge in [-0.25, -0.2) is 0 Å². The fourth-order valence-corrected chi connectivity index (χ4v) is 22.0. The highest BCUT2D eigenvalue weighted by atomic mass is 79.9. The van der Waals surface area contributed by atoms with Gasteiger partial charge in [-0.1, -0.05) is 281 Å². The zero-order valence-electron chi connectivity index (χ0n) is 68.5. The first-order valence-electron chi connectivity index (χ1n) is 42.6. The van der Waals surface area contributed by atoms with Crippen LogP contribution >= 0.6 is 54.5 Å². The Morgan fingerprint density at radius 3 is 1.08 bits per heavy atom. The monoisotopic (exact) mass is 1790 g/mol. The minimum absolute atomic E-state index is 0.503. The molecule has 0 bridgehead atoms. The number of hydrogen-bond donors (Lipinski definition) is 3. The first-order valence-corrected chi connectivity index (χ1v) is 45.9. The van der Waals surface area contributed by atoms with Crippen LogP contribution in [-0.4, -0.2) is 40.4 Å². The highest BCUT2D eigenvalue weighted by molar-refractivity contribution is 9.10. The zero-order chi connectivity index (χ0) is 84.7. The molecule has 19 aromatic carbocycles. The van der Waals surface area contributed by atoms with Gasteiger partial charge in [-0.2, -0.15) is 0 Å². The summed E-state index contributed by atoms with van der Waals surface area (Å²) in [6.45, 7) is 0. The van der Waals surface area contributed by atoms with E-state index in [9.17, 15) is 10.0 Å². The lowest BCUT2D eigenvalue weighted by Crippen LogP contribution is -2.29. The first kappa shape index (κ1) is 77.4. The van der Waals surface area contributed by atoms with Gasteiger partial charge in [0, 0.05) is 137 Å². The first-order chi connectivity index (χ1) is 62.6. The van der Waals surface area contributed by atoms with Crippen molar-refractivity contribution in [3.8, 4) is 56.1 Å². The number of rotatable bonds is 7. The fourth-order valence-electron chi connectivity index (χ4n) is 19.1. The molecule has 0 atom stereocenters. The topological polar surface area (TPSA) is 76.0 Å². The molecule has 127 heavy (non-hydrogen) atoms. The molecule has 3 N–H and O–H groups in total. The molecule has 7 nitrogen and oxygen atoms in total. The van der Waals surface area contributed by atoms with Crippen molar-refractivity contribution in [2.45, 2.75) is 6.42 Å². The van der Waals surface area contributed by atoms with Crippen molar-refractivity contribution in [1.82, 2.24) is 23.3 Å². The lowest BCUT2D eigenvalue weighted by molar-refractivity contribution is 0.426. The Morgan fingerprint density at radius 2 is 0.575 bits per heavy atom. The predicted octanol–water partition coefficient (Wildman–Crippen LogP) is 31.3. The number of halogens is 2. The van der Waals surface area contributed by atoms with E-state index >= 15 is 0 Å². The molecular formula is C115H76BBr2N5O2S2. The number of thiophene rings is 2. The van der Waals surface area contributed by atoms with Crippen LogP contribution in [0, 0.1) is 0 Å². The fraction of sp³-hybridized carbons (Fsp3) is 0.00870. The number of para-hydroxylation sites is 8. The van der Waals surface area contributed by atoms with Crippen LogP contribution < -0.4 is 5.46 Å². The second kappa shape index (κ2) is 32.6. The van der Waals surface area contributed by atoms with Gasteiger partial charge in [0.1, 0.15) is 0 Å². The summed E-state index contributed by atoms with van der Waals surface area (Å²) < 4.78 is 17.0. The third kappa shape index (κ3) is 14.0. The SMILES string of the molecule is Brc1ccc2c(c1)-c1ccccc1C2.Brc1ccc2sc3ccccc3c2c1.OB(O)c1ccc2c(c1)c1ccccc1n2-c1ccccc1.c1ccc(-n2c3ccccc3c3cc(-c4ccc5[nH]c6ccccc6c5c4)ccc32)cc1.c1ccc(-n2c3ccccc3c3cc(-c4ccc5c(c4)c4ccccc4n5-c4ccc5sc6ccccc6c5c4)ccc32)cc1. The summed E-state index contributed by atoms with van der Waals surface area (Å²) in [5, 5.41) is 36.5. The number of benzene rings is 19. The van der Waals surface area contributed by atoms with E-state index in [0.29, 0.717) is 5.46 Å². The van der Waals surface area contributed by atoms with Crippen molar-refractivity contribution in [2.75, 3.05) is 0 Å². The van der Waals surface area contributed by atoms with Crippen LogP contribution in [0.2, 0.25) is 0 Å². The molecule has 1 aliphatic rings. The molecule has 12 heteroatoms. The zero-order valence-corrected chi connectivity index (χ0v) is 73.3. The summed E-state index contributed by atoms with van der Waals surface area (Å²) in [5.74, 6) is 0. The van der Waals surface area contributed by atoms with Crippen LogP contribution in [0.25, 0.3) is 206 Å². The molecule has 0 saturated heterocycles. The number of H-pyrrole nitrogens is 1. The van der Waals surface area contributed by atoms with Gasteiger partial charge in [-0.05, 0) is 238 Å². The third-order valence-corrected chi connectivity index (χ3v) is 28.2. The molecule has 0 saturated carbocycles. The van der Waals surface area contributed by atoms with Crippen LogP contribution in [-0.2, 0) is 6.42 Å². The van der Waals surface area contributed by atoms with Crippen molar-refractivity contribution in [2.24, 2.45) is 0 Å². The van der Waals surface area contributed by atoms with E-state index < -0.39 is 7.12 Å². The van der Waals surface area contributed by atoms with Crippen LogP contribution in [0.5, 0.6) is 0 Å². The molecule has 7 aromatic heterocycles. The van der Waals surface area contributed by atoms with Crippen LogP contribution in [0.4, 0.5) is 0 Å². The maximum Gasteiger partial charge on any atom is 0.488 e. The summed E-state index contributed by atoms with van der Waals surface area (Å²) in [6.07, 6.45) is 1.08. The molecule has 0 spiro atoms. The maximum atomic E-state index is 9.43. The van der Waals surface area contributed by atoms with Gasteiger partial charge < -0.3 is 33.3 Å². The van der Waals surface area contributed by atoms with Gasteiger partial charge in [0.25, 0.3) is 0 Å². The molecule has 0 amide bonds. The lowest BCUT2D eigenvalue weighted by atomic mass is 9.80. The normalized spacial score (nSPS) is 11.7. The third-order valence-electron chi connectivity index (χ3n) is 24.9. The van der Waals surface area contributed by atoms with Gasteiger partial charge in [0.2, 0.25) is 0 Å². The van der Waals surface area contributed by atoms with Crippen molar-refractivity contribution in [3.63, 3.8) is 0 Å². The molecule has 1 aliphatic carbocycles. The molecular weight excluding hydrogens is 1720 g/mol. The number of aromatic amines is 1. The molecule has 7 heterocycles. The highest BCUT2D eigenvalue weighted by Gasteiger charge is 2.23. The van der Waals surface area contributed by atoms with E-state index in [2.05, 4.69) is 437 Å². The lowest BCUT2D eigenvalue weighted by Gasteiger charge is -2.10. The average Bonchev–Trinajstić information content (AvgIpc) is 1.58. The second-order valence-electron chi connectivity index (χ2n) is 32.3. The molecule has 602 valence electrons. The Labute approximate surface area is 756 Å². The van der Waals surface area contributed by atoms with Gasteiger partial charge in [-0.3, -0.25) is 0 Å². The maximum absolute atomic E-state index is 9.43. The number of nitrogens with one attached hydrogen (secondary N) is 1. The predicted molar refractivity (Wildman–Crippen MR) is 549 cm³/mol. The van der Waals surface area contributed by atoms with Crippen LogP contribution in [0.1, 0.15) is 11.1 Å². The number of aromatic nitrogens is 5. The Balaban J connectivity index is 0.0000000981. The van der Waals surface area contributed by atoms with Crippen molar-refractivity contribution < 1.29 is 10.0 Å². The Bertz CT molecular complexity index is 8780. The standard InChI is InChI=1S/C42H26N2S.C30H20N2.C18H14BNO2.C13H9Br.C12H7BrS/c1-2-10-29(11-3-1)43-37-15-7-4-12-31(37)34-24-27(18-21-39(34)43)28-19-22-40-35(25-28)32-13-5-8-16-38(32)44(40)30-20-23-42-36(26-30)33-14-6-9-17-41(33)45-42;1-2-8-22(9-3-1)32-29-13-7-5-11-24(29)26-19-21(15-17-30(26)32)20-14-16-28-25(18-20)23-10-4-6-12-27(23)31-28;21-19(22)13-10-11-18-16(12-13)15-8-4-5-9-17(15)20(18)14-6-2-1-3-7-14;14-11-6-5-10-7-9-3-1-2-4-12(9)13(10)8-11;13-8-5-6-12-10(7-8)9-3-1-2-4-11(9)14-12/h1-26H;1-19,31H;1-12,21-22H;1-6,8H,7H2;1-7H. The van der Waals surface area contributed by atoms with E-state index in [1.54, 1.807) is 6.07 Å².